The van der Waals surface area contributed by atoms with Crippen LogP contribution in [-0.2, 0) is 0 Å². The maximum Gasteiger partial charge on any atom is 0.199 e. The van der Waals surface area contributed by atoms with Crippen LogP contribution in [0.25, 0.3) is 0 Å². The quantitative estimate of drug-likeness (QED) is 0.166. The van der Waals surface area contributed by atoms with Crippen molar-refractivity contribution in [1.82, 2.24) is 5.43 Å². The summed E-state index contributed by atoms with van der Waals surface area (Å²) >= 11 is 4.09. The Bertz CT molecular complexity index is 106. The molecule has 0 aliphatic carbocycles. The van der Waals surface area contributed by atoms with E-state index in [1.165, 1.54) is 6.19 Å². The highest BCUT2D eigenvalue weighted by Gasteiger charge is 1.53. The monoisotopic (exact) mass is 99.0 g/mol. The van der Waals surface area contributed by atoms with Crippen molar-refractivity contribution in [2.75, 3.05) is 0 Å². The summed E-state index contributed by atoms with van der Waals surface area (Å²) in [5.41, 5.74) is 1.91. The maximum atomic E-state index is 7.66. The molecule has 0 aromatic rings. The number of hydrogen-bond acceptors (Lipinski definition) is 4. The molecule has 0 unspecified atom stereocenters. The highest BCUT2D eigenvalue weighted by Crippen LogP contribution is 1.43. The summed E-state index contributed by atoms with van der Waals surface area (Å²) in [6.45, 7) is 0. The molecular formula is C2HN3S. The number of isothiocyanates is 1. The van der Waals surface area contributed by atoms with Gasteiger partial charge in [-0.2, -0.15) is 5.26 Å². The standard InChI is InChI=1S/C2HN3S/c3-1-4-5-2-6/h4H. The van der Waals surface area contributed by atoms with Gasteiger partial charge < -0.3 is 0 Å². The summed E-state index contributed by atoms with van der Waals surface area (Å²) in [6.07, 6.45) is 1.52. The molecule has 0 aromatic carbocycles. The number of nitriles is 1. The Hall–Kier alpha value is -0.910. The van der Waals surface area contributed by atoms with Gasteiger partial charge in [0.25, 0.3) is 0 Å². The summed E-state index contributed by atoms with van der Waals surface area (Å²) in [5.74, 6) is 0. The molecule has 0 rings (SSSR count). The minimum Gasteiger partial charge on any atom is -0.204 e. The van der Waals surface area contributed by atoms with E-state index >= 15 is 0 Å². The zero-order valence-electron chi connectivity index (χ0n) is 2.80. The van der Waals surface area contributed by atoms with Crippen molar-refractivity contribution in [3.63, 3.8) is 0 Å². The Kier molecular flexibility index (Phi) is 3.47. The average Bonchev–Trinajstić information content (AvgIpc) is 1.61. The van der Waals surface area contributed by atoms with Gasteiger partial charge in [-0.15, -0.1) is 5.10 Å². The van der Waals surface area contributed by atoms with Gasteiger partial charge in [-0.05, 0) is 12.2 Å². The fourth-order valence-electron chi connectivity index (χ4n) is 0.0478. The topological polar surface area (TPSA) is 48.2 Å². The van der Waals surface area contributed by atoms with E-state index in [0.29, 0.717) is 0 Å². The molecule has 0 heterocycles. The Morgan fingerprint density at radius 1 is 1.83 bits per heavy atom. The van der Waals surface area contributed by atoms with Gasteiger partial charge in [-0.3, -0.25) is 0 Å². The predicted molar refractivity (Wildman–Crippen MR) is 23.8 cm³/mol. The highest BCUT2D eigenvalue weighted by molar-refractivity contribution is 7.78. The Balaban J connectivity index is 3.16. The van der Waals surface area contributed by atoms with E-state index < -0.39 is 0 Å². The third kappa shape index (κ3) is 3.09. The predicted octanol–water partition coefficient (Wildman–Crippen LogP) is 0.0749. The molecule has 3 nitrogen and oxygen atoms in total. The molecule has 0 bridgehead atoms. The third-order valence-corrected chi connectivity index (χ3v) is 0.243. The van der Waals surface area contributed by atoms with Gasteiger partial charge in [0.1, 0.15) is 0 Å². The molecule has 30 valence electrons. The van der Waals surface area contributed by atoms with Crippen LogP contribution in [0.5, 0.6) is 0 Å². The van der Waals surface area contributed by atoms with Gasteiger partial charge in [-0.1, -0.05) is 0 Å². The van der Waals surface area contributed by atoms with E-state index in [0.717, 1.165) is 0 Å². The Morgan fingerprint density at radius 3 is 2.67 bits per heavy atom. The van der Waals surface area contributed by atoms with Gasteiger partial charge in [0.15, 0.2) is 6.19 Å². The number of nitrogens with one attached hydrogen (secondary N) is 1. The van der Waals surface area contributed by atoms with Crippen LogP contribution in [0.2, 0.25) is 0 Å². The van der Waals surface area contributed by atoms with Crippen LogP contribution in [0.1, 0.15) is 0 Å². The normalized spacial score (nSPS) is 4.50. The van der Waals surface area contributed by atoms with Crippen molar-refractivity contribution in [2.45, 2.75) is 0 Å². The van der Waals surface area contributed by atoms with E-state index in [9.17, 15) is 0 Å². The van der Waals surface area contributed by atoms with E-state index in [-0.39, 0.29) is 0 Å². The lowest BCUT2D eigenvalue weighted by Crippen LogP contribution is -1.88. The molecule has 0 spiro atoms. The first kappa shape index (κ1) is 5.09. The fraction of sp³-hybridized carbons (Fsp3) is 0. The molecule has 0 saturated carbocycles. The van der Waals surface area contributed by atoms with Crippen molar-refractivity contribution in [1.29, 1.82) is 5.26 Å². The molecule has 0 aromatic heterocycles. The van der Waals surface area contributed by atoms with Crippen LogP contribution < -0.4 is 5.43 Å². The number of nitrogens with zero attached hydrogens (tertiary/aromatic N) is 2. The number of hydrogen-bond donors (Lipinski definition) is 1. The molecule has 1 N–H and O–H groups in total. The molecular weight excluding hydrogens is 98.1 g/mol. The van der Waals surface area contributed by atoms with Crippen molar-refractivity contribution in [2.24, 2.45) is 5.10 Å². The van der Waals surface area contributed by atoms with Crippen molar-refractivity contribution in [3.05, 3.63) is 0 Å². The molecule has 0 aliphatic rings. The van der Waals surface area contributed by atoms with Gasteiger partial charge in [-0.25, -0.2) is 5.43 Å². The molecule has 0 radical (unpaired) electrons. The van der Waals surface area contributed by atoms with Crippen LogP contribution in [0.15, 0.2) is 5.10 Å². The largest absolute Gasteiger partial charge is 0.204 e. The SMILES string of the molecule is N#CNN=C=S. The first-order valence-corrected chi connectivity index (χ1v) is 1.53. The lowest BCUT2D eigenvalue weighted by Gasteiger charge is -1.65. The molecule has 0 fully saturated rings. The minimum atomic E-state index is 1.52. The van der Waals surface area contributed by atoms with Gasteiger partial charge >= 0.3 is 0 Å². The van der Waals surface area contributed by atoms with Crippen molar-refractivity contribution in [3.8, 4) is 6.19 Å². The fourth-order valence-corrected chi connectivity index (χ4v) is 0.0935. The molecule has 6 heavy (non-hydrogen) atoms. The van der Waals surface area contributed by atoms with E-state index in [1.807, 2.05) is 10.6 Å². The summed E-state index contributed by atoms with van der Waals surface area (Å²) < 4.78 is 0. The van der Waals surface area contributed by atoms with Crippen LogP contribution >= 0.6 is 12.2 Å². The lowest BCUT2D eigenvalue weighted by molar-refractivity contribution is 0.997. The van der Waals surface area contributed by atoms with Crippen molar-refractivity contribution >= 4 is 17.4 Å². The smallest absolute Gasteiger partial charge is 0.199 e. The van der Waals surface area contributed by atoms with E-state index in [4.69, 9.17) is 5.26 Å². The second-order valence-corrected chi connectivity index (χ2v) is 0.609. The van der Waals surface area contributed by atoms with Crippen molar-refractivity contribution < 1.29 is 0 Å². The summed E-state index contributed by atoms with van der Waals surface area (Å²) in [7, 11) is 0. The third-order valence-electron chi connectivity index (χ3n) is 0.152. The molecule has 4 heteroatoms. The van der Waals surface area contributed by atoms with Crippen LogP contribution in [0.3, 0.4) is 0 Å². The minimum absolute atomic E-state index is 1.52. The Morgan fingerprint density at radius 2 is 2.50 bits per heavy atom. The summed E-state index contributed by atoms with van der Waals surface area (Å²) in [5, 5.41) is 12.6. The van der Waals surface area contributed by atoms with Crippen LogP contribution in [-0.4, -0.2) is 5.16 Å². The first-order chi connectivity index (χ1) is 2.91. The second-order valence-electron chi connectivity index (χ2n) is 0.427. The Labute approximate surface area is 40.3 Å². The zero-order chi connectivity index (χ0) is 4.83. The van der Waals surface area contributed by atoms with Gasteiger partial charge in [0.05, 0.1) is 5.16 Å². The number of hydrazone groups is 1. The van der Waals surface area contributed by atoms with Gasteiger partial charge in [0, 0.05) is 0 Å². The first-order valence-electron chi connectivity index (χ1n) is 1.12. The summed E-state index contributed by atoms with van der Waals surface area (Å²) in [4.78, 5) is 0. The van der Waals surface area contributed by atoms with Crippen LogP contribution in [0.4, 0.5) is 0 Å². The molecule has 0 saturated heterocycles. The van der Waals surface area contributed by atoms with E-state index in [2.05, 4.69) is 17.3 Å². The highest BCUT2D eigenvalue weighted by atomic mass is 32.1. The van der Waals surface area contributed by atoms with Gasteiger partial charge in [0.2, 0.25) is 0 Å². The average molecular weight is 99.1 g/mol. The second kappa shape index (κ2) is 4.09. The van der Waals surface area contributed by atoms with E-state index in [1.54, 1.807) is 0 Å². The lowest BCUT2D eigenvalue weighted by atomic mass is 11.4. The number of rotatable bonds is 1. The zero-order valence-corrected chi connectivity index (χ0v) is 3.62. The maximum absolute atomic E-state index is 7.66. The number of thiocarbonyl (C=S) groups is 1. The molecule has 0 aliphatic heterocycles. The molecule has 0 amide bonds. The van der Waals surface area contributed by atoms with Crippen LogP contribution in [0, 0.1) is 11.5 Å². The molecule has 0 atom stereocenters. The summed E-state index contributed by atoms with van der Waals surface area (Å²) in [6, 6.07) is 0.